The van der Waals surface area contributed by atoms with E-state index in [-0.39, 0.29) is 12.6 Å². The van der Waals surface area contributed by atoms with Gasteiger partial charge in [-0.25, -0.2) is 4.79 Å². The number of hydrogen-bond donors (Lipinski definition) is 3. The highest BCUT2D eigenvalue weighted by molar-refractivity contribution is 5.67. The monoisotopic (exact) mass is 204 g/mol. The predicted octanol–water partition coefficient (Wildman–Crippen LogP) is 0.221. The Balaban J connectivity index is 3.64. The van der Waals surface area contributed by atoms with Crippen LogP contribution in [0, 0.1) is 0 Å². The molecule has 14 heavy (non-hydrogen) atoms. The number of nitrogens with one attached hydrogen (secondary N) is 1. The van der Waals surface area contributed by atoms with Crippen LogP contribution in [0.3, 0.4) is 0 Å². The van der Waals surface area contributed by atoms with Crippen LogP contribution in [0.5, 0.6) is 0 Å². The normalized spacial score (nSPS) is 13.5. The fourth-order valence-electron chi connectivity index (χ4n) is 0.796. The van der Waals surface area contributed by atoms with Crippen LogP contribution in [-0.4, -0.2) is 36.0 Å². The zero-order chi connectivity index (χ0) is 11.2. The van der Waals surface area contributed by atoms with E-state index in [9.17, 15) is 4.79 Å². The van der Waals surface area contributed by atoms with Gasteiger partial charge in [0.2, 0.25) is 0 Å². The summed E-state index contributed by atoms with van der Waals surface area (Å²) < 4.78 is 5.00. The number of ether oxygens (including phenoxy) is 1. The molecule has 0 aromatic heterocycles. The van der Waals surface area contributed by atoms with Gasteiger partial charge in [-0.2, -0.15) is 0 Å². The highest BCUT2D eigenvalue weighted by Gasteiger charge is 2.16. The van der Waals surface area contributed by atoms with Crippen LogP contribution in [-0.2, 0) is 4.74 Å². The molecule has 1 unspecified atom stereocenters. The first-order valence-electron chi connectivity index (χ1n) is 4.68. The van der Waals surface area contributed by atoms with Crippen molar-refractivity contribution in [1.29, 1.82) is 0 Å². The molecule has 4 N–H and O–H groups in total. The van der Waals surface area contributed by atoms with Crippen LogP contribution in [0.25, 0.3) is 0 Å². The van der Waals surface area contributed by atoms with E-state index in [1.54, 1.807) is 20.8 Å². The van der Waals surface area contributed by atoms with Gasteiger partial charge in [-0.15, -0.1) is 0 Å². The van der Waals surface area contributed by atoms with E-state index in [0.29, 0.717) is 13.0 Å². The second kappa shape index (κ2) is 5.82. The zero-order valence-corrected chi connectivity index (χ0v) is 9.04. The van der Waals surface area contributed by atoms with Gasteiger partial charge >= 0.3 is 6.09 Å². The smallest absolute Gasteiger partial charge is 0.407 e. The fourth-order valence-corrected chi connectivity index (χ4v) is 0.796. The Labute approximate surface area is 84.6 Å². The van der Waals surface area contributed by atoms with Crippen molar-refractivity contribution in [3.63, 3.8) is 0 Å². The molecule has 0 saturated heterocycles. The van der Waals surface area contributed by atoms with E-state index in [1.807, 2.05) is 0 Å². The maximum atomic E-state index is 11.1. The maximum Gasteiger partial charge on any atom is 0.407 e. The van der Waals surface area contributed by atoms with E-state index in [0.717, 1.165) is 0 Å². The van der Waals surface area contributed by atoms with Gasteiger partial charge in [-0.1, -0.05) is 0 Å². The molecule has 0 aromatic rings. The van der Waals surface area contributed by atoms with Crippen molar-refractivity contribution in [2.75, 3.05) is 13.2 Å². The molecule has 1 amide bonds. The highest BCUT2D eigenvalue weighted by Crippen LogP contribution is 2.06. The summed E-state index contributed by atoms with van der Waals surface area (Å²) in [5.74, 6) is 0. The second-order valence-electron chi connectivity index (χ2n) is 4.16. The van der Waals surface area contributed by atoms with Crippen LogP contribution in [0.15, 0.2) is 0 Å². The minimum Gasteiger partial charge on any atom is -0.444 e. The lowest BCUT2D eigenvalue weighted by atomic mass is 10.2. The van der Waals surface area contributed by atoms with Gasteiger partial charge in [0.05, 0.1) is 0 Å². The molecule has 0 aromatic carbocycles. The van der Waals surface area contributed by atoms with Crippen LogP contribution in [0.2, 0.25) is 0 Å². The summed E-state index contributed by atoms with van der Waals surface area (Å²) in [5.41, 5.74) is 5.07. The molecular formula is C9H20N2O3. The number of aliphatic hydroxyl groups is 1. The largest absolute Gasteiger partial charge is 0.444 e. The van der Waals surface area contributed by atoms with Crippen molar-refractivity contribution in [2.45, 2.75) is 38.8 Å². The second-order valence-corrected chi connectivity index (χ2v) is 4.16. The van der Waals surface area contributed by atoms with Gasteiger partial charge in [0.15, 0.2) is 0 Å². The standard InChI is InChI=1S/C9H20N2O3/c1-9(2,3)14-8(13)11-6-7(10)4-5-12/h7,12H,4-6,10H2,1-3H3,(H,11,13). The topological polar surface area (TPSA) is 84.6 Å². The molecule has 0 saturated carbocycles. The Bertz CT molecular complexity index is 177. The molecule has 5 heteroatoms. The van der Waals surface area contributed by atoms with Crippen LogP contribution >= 0.6 is 0 Å². The lowest BCUT2D eigenvalue weighted by molar-refractivity contribution is 0.0523. The number of alkyl carbamates (subject to hydrolysis) is 1. The molecule has 0 aliphatic rings. The molecule has 1 atom stereocenters. The summed E-state index contributed by atoms with van der Waals surface area (Å²) in [6.07, 6.45) is -0.0126. The van der Waals surface area contributed by atoms with Crippen LogP contribution < -0.4 is 11.1 Å². The van der Waals surface area contributed by atoms with Crippen LogP contribution in [0.1, 0.15) is 27.2 Å². The molecule has 0 aliphatic carbocycles. The maximum absolute atomic E-state index is 11.1. The Kier molecular flexibility index (Phi) is 5.49. The van der Waals surface area contributed by atoms with Gasteiger partial charge in [0, 0.05) is 19.2 Å². The van der Waals surface area contributed by atoms with Gasteiger partial charge in [0.1, 0.15) is 5.60 Å². The SMILES string of the molecule is CC(C)(C)OC(=O)NCC(N)CCO. The van der Waals surface area contributed by atoms with Crippen molar-refractivity contribution >= 4 is 6.09 Å². The summed E-state index contributed by atoms with van der Waals surface area (Å²) in [5, 5.41) is 11.1. The molecule has 0 rings (SSSR count). The Morgan fingerprint density at radius 2 is 2.14 bits per heavy atom. The average Bonchev–Trinajstić information content (AvgIpc) is 1.98. The molecule has 0 radical (unpaired) electrons. The average molecular weight is 204 g/mol. The fraction of sp³-hybridized carbons (Fsp3) is 0.889. The first kappa shape index (κ1) is 13.2. The van der Waals surface area contributed by atoms with Crippen molar-refractivity contribution in [1.82, 2.24) is 5.32 Å². The Morgan fingerprint density at radius 1 is 1.57 bits per heavy atom. The third kappa shape index (κ3) is 7.82. The van der Waals surface area contributed by atoms with Gasteiger partial charge in [-0.05, 0) is 27.2 Å². The highest BCUT2D eigenvalue weighted by atomic mass is 16.6. The summed E-state index contributed by atoms with van der Waals surface area (Å²) >= 11 is 0. The van der Waals surface area contributed by atoms with E-state index >= 15 is 0 Å². The van der Waals surface area contributed by atoms with Gasteiger partial charge in [-0.3, -0.25) is 0 Å². The summed E-state index contributed by atoms with van der Waals surface area (Å²) in [6, 6.07) is -0.229. The molecule has 5 nitrogen and oxygen atoms in total. The van der Waals surface area contributed by atoms with Crippen LogP contribution in [0.4, 0.5) is 4.79 Å². The summed E-state index contributed by atoms with van der Waals surface area (Å²) in [6.45, 7) is 5.72. The number of carbonyl (C=O) groups is 1. The minimum atomic E-state index is -0.495. The first-order valence-corrected chi connectivity index (χ1v) is 4.68. The number of rotatable bonds is 4. The number of aliphatic hydroxyl groups excluding tert-OH is 1. The van der Waals surface area contributed by atoms with E-state index in [4.69, 9.17) is 15.6 Å². The van der Waals surface area contributed by atoms with Gasteiger partial charge < -0.3 is 20.9 Å². The molecule has 0 heterocycles. The third-order valence-electron chi connectivity index (χ3n) is 1.41. The lowest BCUT2D eigenvalue weighted by Gasteiger charge is -2.20. The number of amides is 1. The molecule has 0 bridgehead atoms. The minimum absolute atomic E-state index is 0.0250. The summed E-state index contributed by atoms with van der Waals surface area (Å²) in [4.78, 5) is 11.1. The zero-order valence-electron chi connectivity index (χ0n) is 9.04. The summed E-state index contributed by atoms with van der Waals surface area (Å²) in [7, 11) is 0. The third-order valence-corrected chi connectivity index (χ3v) is 1.41. The van der Waals surface area contributed by atoms with E-state index in [1.165, 1.54) is 0 Å². The Hall–Kier alpha value is -0.810. The number of hydrogen-bond acceptors (Lipinski definition) is 4. The van der Waals surface area contributed by atoms with E-state index < -0.39 is 11.7 Å². The van der Waals surface area contributed by atoms with Crippen molar-refractivity contribution in [3.8, 4) is 0 Å². The number of carbonyl (C=O) groups excluding carboxylic acids is 1. The predicted molar refractivity (Wildman–Crippen MR) is 53.9 cm³/mol. The lowest BCUT2D eigenvalue weighted by Crippen LogP contribution is -2.40. The molecule has 0 spiro atoms. The quantitative estimate of drug-likeness (QED) is 0.611. The van der Waals surface area contributed by atoms with Crippen molar-refractivity contribution in [3.05, 3.63) is 0 Å². The van der Waals surface area contributed by atoms with E-state index in [2.05, 4.69) is 5.32 Å². The van der Waals surface area contributed by atoms with Gasteiger partial charge in [0.25, 0.3) is 0 Å². The Morgan fingerprint density at radius 3 is 2.57 bits per heavy atom. The molecule has 0 fully saturated rings. The number of nitrogens with two attached hydrogens (primary N) is 1. The first-order chi connectivity index (χ1) is 6.35. The molecular weight excluding hydrogens is 184 g/mol. The van der Waals surface area contributed by atoms with Crippen molar-refractivity contribution < 1.29 is 14.6 Å². The molecule has 0 aliphatic heterocycles. The molecule has 84 valence electrons. The van der Waals surface area contributed by atoms with Crippen molar-refractivity contribution in [2.24, 2.45) is 5.73 Å².